The number of carbonyl (C=O) groups is 1. The normalized spacial score (nSPS) is 30.2. The molecular weight excluding hydrogens is 542 g/mol. The van der Waals surface area contributed by atoms with Crippen LogP contribution in [-0.2, 0) is 48.3 Å². The Balaban J connectivity index is 1.55. The highest BCUT2D eigenvalue weighted by molar-refractivity contribution is 7.49. The van der Waals surface area contributed by atoms with Crippen LogP contribution >= 0.6 is 16.1 Å². The largest absolute Gasteiger partial charge is 0.697 e. The fourth-order valence-electron chi connectivity index (χ4n) is 4.82. The number of fused-ring (bicyclic) bond motifs is 1. The molecule has 3 aliphatic heterocycles. The van der Waals surface area contributed by atoms with Gasteiger partial charge in [0, 0.05) is 15.7 Å². The average molecular weight is 578 g/mol. The Kier molecular flexibility index (Phi) is 6.90. The minimum Gasteiger partial charge on any atom is -0.425 e. The number of esters is 1. The van der Waals surface area contributed by atoms with Crippen LogP contribution in [0.15, 0.2) is 36.4 Å². The summed E-state index contributed by atoms with van der Waals surface area (Å²) >= 11 is 0. The van der Waals surface area contributed by atoms with Gasteiger partial charge in [0.15, 0.2) is 0 Å². The van der Waals surface area contributed by atoms with E-state index < -0.39 is 32.9 Å². The van der Waals surface area contributed by atoms with Crippen molar-refractivity contribution < 1.29 is 41.3 Å². The number of benzene rings is 2. The molecule has 1 unspecified atom stereocenters. The van der Waals surface area contributed by atoms with Crippen molar-refractivity contribution in [2.24, 2.45) is 5.41 Å². The molecule has 5 rings (SSSR count). The smallest absolute Gasteiger partial charge is 0.425 e. The van der Waals surface area contributed by atoms with Crippen molar-refractivity contribution in [1.29, 1.82) is 0 Å². The topological polar surface area (TPSA) is 107 Å². The molecule has 3 heterocycles. The lowest BCUT2D eigenvalue weighted by Gasteiger charge is -2.37. The zero-order valence-electron chi connectivity index (χ0n) is 23.4. The highest BCUT2D eigenvalue weighted by atomic mass is 31.2. The second kappa shape index (κ2) is 9.47. The van der Waals surface area contributed by atoms with E-state index in [1.165, 1.54) is 0 Å². The zero-order chi connectivity index (χ0) is 28.4. The van der Waals surface area contributed by atoms with Gasteiger partial charge in [-0.1, -0.05) is 65.8 Å². The van der Waals surface area contributed by atoms with Gasteiger partial charge in [-0.25, -0.2) is 4.57 Å². The van der Waals surface area contributed by atoms with Crippen LogP contribution < -0.4 is 9.26 Å². The highest BCUT2D eigenvalue weighted by Crippen LogP contribution is 2.58. The average Bonchev–Trinajstić information content (AvgIpc) is 3.12. The van der Waals surface area contributed by atoms with E-state index in [-0.39, 0.29) is 43.0 Å². The standard InChI is InChI=1S/C28H35O9P2/c1-25(2,3)18-8-10-22-20(12-18)27(7,24(29)36-22)21-13-19(26(4,5)6)9-11-23(21)37-39(31)34-16-28(17-35-39)14-32-38(30)33-15-28/h8-13H,14-17H2,1-7H3/q+1. The zero-order valence-corrected chi connectivity index (χ0v) is 25.2. The molecule has 0 saturated carbocycles. The van der Waals surface area contributed by atoms with Gasteiger partial charge in [-0.3, -0.25) is 13.8 Å². The Hall–Kier alpha value is -2.12. The van der Waals surface area contributed by atoms with E-state index in [1.54, 1.807) is 13.0 Å². The van der Waals surface area contributed by atoms with Crippen LogP contribution in [0, 0.1) is 5.41 Å². The summed E-state index contributed by atoms with van der Waals surface area (Å²) in [4.78, 5) is 13.6. The first-order chi connectivity index (χ1) is 18.0. The molecule has 0 aromatic heterocycles. The summed E-state index contributed by atoms with van der Waals surface area (Å²) in [6, 6.07) is 11.3. The van der Waals surface area contributed by atoms with Crippen molar-refractivity contribution >= 4 is 22.0 Å². The van der Waals surface area contributed by atoms with E-state index in [4.69, 9.17) is 27.4 Å². The Morgan fingerprint density at radius 1 is 0.846 bits per heavy atom. The van der Waals surface area contributed by atoms with Crippen LogP contribution in [0.5, 0.6) is 11.5 Å². The first-order valence-electron chi connectivity index (χ1n) is 12.9. The van der Waals surface area contributed by atoms with E-state index in [0.717, 1.165) is 11.1 Å². The number of ether oxygens (including phenoxy) is 1. The molecule has 1 atom stereocenters. The lowest BCUT2D eigenvalue weighted by Crippen LogP contribution is -2.45. The minimum absolute atomic E-state index is 0.0278. The third-order valence-electron chi connectivity index (χ3n) is 7.60. The van der Waals surface area contributed by atoms with Gasteiger partial charge >= 0.3 is 22.0 Å². The second-order valence-electron chi connectivity index (χ2n) is 12.8. The maximum atomic E-state index is 13.6. The Labute approximate surface area is 230 Å². The van der Waals surface area contributed by atoms with Crippen LogP contribution in [0.1, 0.15) is 70.7 Å². The van der Waals surface area contributed by atoms with Gasteiger partial charge in [0.05, 0.1) is 18.6 Å². The van der Waals surface area contributed by atoms with Crippen molar-refractivity contribution in [2.75, 3.05) is 26.4 Å². The fourth-order valence-corrected chi connectivity index (χ4v) is 7.10. The molecule has 0 N–H and O–H groups in total. The molecule has 0 aliphatic carbocycles. The summed E-state index contributed by atoms with van der Waals surface area (Å²) in [6.45, 7) is 14.5. The molecule has 3 aliphatic rings. The van der Waals surface area contributed by atoms with Crippen molar-refractivity contribution in [3.05, 3.63) is 58.7 Å². The quantitative estimate of drug-likeness (QED) is 0.223. The van der Waals surface area contributed by atoms with Gasteiger partial charge in [0.1, 0.15) is 30.1 Å². The molecule has 11 heteroatoms. The van der Waals surface area contributed by atoms with E-state index in [0.29, 0.717) is 16.9 Å². The molecular formula is C28H35O9P2+. The maximum Gasteiger partial charge on any atom is 0.697 e. The maximum absolute atomic E-state index is 13.6. The van der Waals surface area contributed by atoms with Gasteiger partial charge in [-0.05, 0) is 41.0 Å². The Morgan fingerprint density at radius 2 is 1.38 bits per heavy atom. The van der Waals surface area contributed by atoms with E-state index >= 15 is 0 Å². The number of phosphoric ester groups is 1. The molecule has 0 amide bonds. The van der Waals surface area contributed by atoms with Crippen molar-refractivity contribution in [3.8, 4) is 11.5 Å². The lowest BCUT2D eigenvalue weighted by atomic mass is 9.73. The molecule has 1 spiro atoms. The van der Waals surface area contributed by atoms with Gasteiger partial charge in [0.2, 0.25) is 0 Å². The third-order valence-corrected chi connectivity index (χ3v) is 9.59. The molecule has 0 radical (unpaired) electrons. The van der Waals surface area contributed by atoms with E-state index in [2.05, 4.69) is 41.5 Å². The highest BCUT2D eigenvalue weighted by Gasteiger charge is 2.53. The SMILES string of the molecule is CC(C)(C)c1ccc2c(c1)C(C)(c1cc(C(C)(C)C)ccc1OP1(=O)OCC3(CO[P+](=O)OC3)CO1)C(=O)O2. The molecule has 2 aromatic rings. The van der Waals surface area contributed by atoms with Crippen molar-refractivity contribution in [3.63, 3.8) is 0 Å². The summed E-state index contributed by atoms with van der Waals surface area (Å²) < 4.78 is 58.4. The molecule has 0 bridgehead atoms. The summed E-state index contributed by atoms with van der Waals surface area (Å²) in [5.74, 6) is 0.236. The monoisotopic (exact) mass is 577 g/mol. The Morgan fingerprint density at radius 3 is 1.95 bits per heavy atom. The summed E-state index contributed by atoms with van der Waals surface area (Å²) in [6.07, 6.45) is 0. The first kappa shape index (κ1) is 28.4. The van der Waals surface area contributed by atoms with Gasteiger partial charge in [-0.15, -0.1) is 9.05 Å². The van der Waals surface area contributed by atoms with Crippen LogP contribution in [0.3, 0.4) is 0 Å². The number of hydrogen-bond donors (Lipinski definition) is 0. The molecule has 39 heavy (non-hydrogen) atoms. The summed E-state index contributed by atoms with van der Waals surface area (Å²) in [5, 5.41) is 0. The Bertz CT molecular complexity index is 1360. The van der Waals surface area contributed by atoms with Crippen LogP contribution in [0.2, 0.25) is 0 Å². The second-order valence-corrected chi connectivity index (χ2v) is 15.3. The molecule has 2 saturated heterocycles. The lowest BCUT2D eigenvalue weighted by molar-refractivity contribution is -0.136. The molecule has 2 aromatic carbocycles. The number of phosphoric acid groups is 1. The van der Waals surface area contributed by atoms with Crippen LogP contribution in [0.4, 0.5) is 0 Å². The van der Waals surface area contributed by atoms with Crippen LogP contribution in [-0.4, -0.2) is 32.4 Å². The number of rotatable bonds is 3. The molecule has 210 valence electrons. The fraction of sp³-hybridized carbons (Fsp3) is 0.536. The van der Waals surface area contributed by atoms with E-state index in [9.17, 15) is 13.9 Å². The predicted octanol–water partition coefficient (Wildman–Crippen LogP) is 6.73. The third kappa shape index (κ3) is 5.21. The number of carbonyl (C=O) groups excluding carboxylic acids is 1. The van der Waals surface area contributed by atoms with Gasteiger partial charge in [0.25, 0.3) is 0 Å². The van der Waals surface area contributed by atoms with Crippen LogP contribution in [0.25, 0.3) is 0 Å². The summed E-state index contributed by atoms with van der Waals surface area (Å²) in [5.41, 5.74) is 0.876. The molecule has 2 fully saturated rings. The first-order valence-corrected chi connectivity index (χ1v) is 15.4. The summed E-state index contributed by atoms with van der Waals surface area (Å²) in [7, 11) is -6.25. The predicted molar refractivity (Wildman–Crippen MR) is 144 cm³/mol. The van der Waals surface area contributed by atoms with Crippen molar-refractivity contribution in [2.45, 2.75) is 64.7 Å². The van der Waals surface area contributed by atoms with E-state index in [1.807, 2.05) is 30.3 Å². The molecule has 9 nitrogen and oxygen atoms in total. The van der Waals surface area contributed by atoms with Gasteiger partial charge < -0.3 is 9.26 Å². The van der Waals surface area contributed by atoms with Gasteiger partial charge in [-0.2, -0.15) is 0 Å². The minimum atomic E-state index is -4.07. The number of hydrogen-bond acceptors (Lipinski definition) is 9. The van der Waals surface area contributed by atoms with Crippen molar-refractivity contribution in [1.82, 2.24) is 0 Å².